The molecule has 7 heteroatoms. The van der Waals surface area contributed by atoms with Crippen molar-refractivity contribution in [3.63, 3.8) is 0 Å². The van der Waals surface area contributed by atoms with Gasteiger partial charge in [-0.2, -0.15) is 0 Å². The topological polar surface area (TPSA) is 86.9 Å². The highest BCUT2D eigenvalue weighted by atomic mass is 32.2. The van der Waals surface area contributed by atoms with Crippen molar-refractivity contribution < 1.29 is 9.21 Å². The van der Waals surface area contributed by atoms with Gasteiger partial charge in [-0.15, -0.1) is 10.2 Å². The number of thioether (sulfide) groups is 1. The van der Waals surface area contributed by atoms with Gasteiger partial charge in [0.15, 0.2) is 16.7 Å². The zero-order chi connectivity index (χ0) is 15.5. The fourth-order valence-corrected chi connectivity index (χ4v) is 3.01. The summed E-state index contributed by atoms with van der Waals surface area (Å²) in [5.74, 6) is 0.805. The molecule has 0 radical (unpaired) electrons. The first-order valence-electron chi connectivity index (χ1n) is 6.61. The Morgan fingerprint density at radius 2 is 2.00 bits per heavy atom. The number of aromatic nitrogens is 3. The molecule has 22 heavy (non-hydrogen) atoms. The highest BCUT2D eigenvalue weighted by Crippen LogP contribution is 2.35. The second-order valence-corrected chi connectivity index (χ2v) is 5.73. The Morgan fingerprint density at radius 1 is 1.23 bits per heavy atom. The molecule has 6 nitrogen and oxygen atoms in total. The molecule has 3 rings (SSSR count). The molecule has 0 fully saturated rings. The van der Waals surface area contributed by atoms with E-state index in [1.54, 1.807) is 23.0 Å². The van der Waals surface area contributed by atoms with Crippen molar-refractivity contribution in [3.05, 3.63) is 54.3 Å². The number of nitrogens with two attached hydrogens (primary N) is 1. The van der Waals surface area contributed by atoms with Gasteiger partial charge in [-0.25, -0.2) is 0 Å². The van der Waals surface area contributed by atoms with Gasteiger partial charge in [0.1, 0.15) is 5.25 Å². The number of hydrogen-bond acceptors (Lipinski definition) is 5. The summed E-state index contributed by atoms with van der Waals surface area (Å²) < 4.78 is 7.11. The summed E-state index contributed by atoms with van der Waals surface area (Å²) in [4.78, 5) is 11.8. The lowest BCUT2D eigenvalue weighted by atomic mass is 10.1. The van der Waals surface area contributed by atoms with Gasteiger partial charge in [0, 0.05) is 7.05 Å². The maximum Gasteiger partial charge on any atom is 0.235 e. The van der Waals surface area contributed by atoms with E-state index < -0.39 is 11.2 Å². The fraction of sp³-hybridized carbons (Fsp3) is 0.133. The molecule has 0 aliphatic carbocycles. The minimum atomic E-state index is -0.520. The molecule has 2 aromatic heterocycles. The average molecular weight is 314 g/mol. The number of benzene rings is 1. The standard InChI is InChI=1S/C15H14N4O2S/c1-19-14(11-8-5-9-21-11)17-18-15(19)22-12(13(16)20)10-6-3-2-4-7-10/h2-9,12H,1H3,(H2,16,20). The van der Waals surface area contributed by atoms with Crippen molar-refractivity contribution in [1.82, 2.24) is 14.8 Å². The third-order valence-corrected chi connectivity index (χ3v) is 4.47. The van der Waals surface area contributed by atoms with Gasteiger partial charge in [0.2, 0.25) is 5.91 Å². The quantitative estimate of drug-likeness (QED) is 0.731. The van der Waals surface area contributed by atoms with Crippen LogP contribution in [0.5, 0.6) is 0 Å². The third kappa shape index (κ3) is 2.75. The van der Waals surface area contributed by atoms with Crippen LogP contribution >= 0.6 is 11.8 Å². The first-order chi connectivity index (χ1) is 10.7. The third-order valence-electron chi connectivity index (χ3n) is 3.16. The smallest absolute Gasteiger partial charge is 0.235 e. The summed E-state index contributed by atoms with van der Waals surface area (Å²) in [6.07, 6.45) is 1.58. The zero-order valence-corrected chi connectivity index (χ0v) is 12.7. The summed E-state index contributed by atoms with van der Waals surface area (Å²) >= 11 is 1.27. The molecule has 0 aliphatic heterocycles. The van der Waals surface area contributed by atoms with Gasteiger partial charge in [-0.1, -0.05) is 42.1 Å². The Morgan fingerprint density at radius 3 is 2.64 bits per heavy atom. The summed E-state index contributed by atoms with van der Waals surface area (Å²) in [6, 6.07) is 13.0. The van der Waals surface area contributed by atoms with Crippen LogP contribution in [-0.4, -0.2) is 20.7 Å². The van der Waals surface area contributed by atoms with Crippen molar-refractivity contribution >= 4 is 17.7 Å². The van der Waals surface area contributed by atoms with Crippen molar-refractivity contribution in [2.75, 3.05) is 0 Å². The lowest BCUT2D eigenvalue weighted by Crippen LogP contribution is -2.19. The molecule has 112 valence electrons. The van der Waals surface area contributed by atoms with E-state index in [0.717, 1.165) is 5.56 Å². The van der Waals surface area contributed by atoms with E-state index in [2.05, 4.69) is 10.2 Å². The fourth-order valence-electron chi connectivity index (χ4n) is 2.06. The molecule has 0 spiro atoms. The molecule has 3 aromatic rings. The normalized spacial score (nSPS) is 12.2. The summed E-state index contributed by atoms with van der Waals surface area (Å²) in [6.45, 7) is 0. The summed E-state index contributed by atoms with van der Waals surface area (Å²) in [7, 11) is 1.82. The predicted molar refractivity (Wildman–Crippen MR) is 82.9 cm³/mol. The SMILES string of the molecule is Cn1c(SC(C(N)=O)c2ccccc2)nnc1-c1ccco1. The van der Waals surface area contributed by atoms with Crippen molar-refractivity contribution in [2.24, 2.45) is 12.8 Å². The molecular formula is C15H14N4O2S. The van der Waals surface area contributed by atoms with Gasteiger partial charge in [-0.05, 0) is 17.7 Å². The maximum absolute atomic E-state index is 11.8. The molecule has 1 amide bonds. The minimum absolute atomic E-state index is 0.418. The van der Waals surface area contributed by atoms with E-state index in [4.69, 9.17) is 10.2 Å². The Labute approximate surface area is 131 Å². The molecular weight excluding hydrogens is 300 g/mol. The van der Waals surface area contributed by atoms with Crippen molar-refractivity contribution in [3.8, 4) is 11.6 Å². The number of primary amides is 1. The highest BCUT2D eigenvalue weighted by molar-refractivity contribution is 8.00. The van der Waals surface area contributed by atoms with Crippen LogP contribution in [0.25, 0.3) is 11.6 Å². The number of carbonyl (C=O) groups is 1. The molecule has 2 heterocycles. The number of hydrogen-bond donors (Lipinski definition) is 1. The highest BCUT2D eigenvalue weighted by Gasteiger charge is 2.23. The van der Waals surface area contributed by atoms with Crippen LogP contribution in [0.15, 0.2) is 58.3 Å². The van der Waals surface area contributed by atoms with E-state index in [1.807, 2.05) is 37.4 Å². The van der Waals surface area contributed by atoms with Gasteiger partial charge >= 0.3 is 0 Å². The summed E-state index contributed by atoms with van der Waals surface area (Å²) in [5.41, 5.74) is 6.37. The molecule has 1 aromatic carbocycles. The van der Waals surface area contributed by atoms with Gasteiger partial charge in [-0.3, -0.25) is 4.79 Å². The van der Waals surface area contributed by atoms with Crippen LogP contribution in [0.2, 0.25) is 0 Å². The lowest BCUT2D eigenvalue weighted by Gasteiger charge is -2.12. The number of furan rings is 1. The Kier molecular flexibility index (Phi) is 3.97. The first-order valence-corrected chi connectivity index (χ1v) is 7.49. The van der Waals surface area contributed by atoms with E-state index in [-0.39, 0.29) is 0 Å². The molecule has 1 unspecified atom stereocenters. The second-order valence-electron chi connectivity index (χ2n) is 4.65. The van der Waals surface area contributed by atoms with Crippen LogP contribution in [0, 0.1) is 0 Å². The lowest BCUT2D eigenvalue weighted by molar-refractivity contribution is -0.117. The van der Waals surface area contributed by atoms with Crippen LogP contribution in [0.4, 0.5) is 0 Å². The molecule has 0 saturated heterocycles. The molecule has 2 N–H and O–H groups in total. The Balaban J connectivity index is 1.90. The van der Waals surface area contributed by atoms with E-state index in [9.17, 15) is 4.79 Å². The first kappa shape index (κ1) is 14.4. The van der Waals surface area contributed by atoms with Crippen LogP contribution in [0.1, 0.15) is 10.8 Å². The van der Waals surface area contributed by atoms with Crippen LogP contribution in [0.3, 0.4) is 0 Å². The number of nitrogens with zero attached hydrogens (tertiary/aromatic N) is 3. The average Bonchev–Trinajstić information content (AvgIpc) is 3.15. The van der Waals surface area contributed by atoms with Crippen LogP contribution < -0.4 is 5.73 Å². The number of rotatable bonds is 5. The number of amides is 1. The van der Waals surface area contributed by atoms with E-state index in [1.165, 1.54) is 11.8 Å². The molecule has 0 bridgehead atoms. The second kappa shape index (κ2) is 6.07. The Hall–Kier alpha value is -2.54. The molecule has 0 aliphatic rings. The van der Waals surface area contributed by atoms with Crippen LogP contribution in [-0.2, 0) is 11.8 Å². The largest absolute Gasteiger partial charge is 0.461 e. The Bertz CT molecular complexity index is 768. The number of carbonyl (C=O) groups excluding carboxylic acids is 1. The van der Waals surface area contributed by atoms with E-state index in [0.29, 0.717) is 16.7 Å². The van der Waals surface area contributed by atoms with Gasteiger partial charge < -0.3 is 14.7 Å². The van der Waals surface area contributed by atoms with Crippen molar-refractivity contribution in [1.29, 1.82) is 0 Å². The van der Waals surface area contributed by atoms with Gasteiger partial charge in [0.25, 0.3) is 0 Å². The van der Waals surface area contributed by atoms with Crippen molar-refractivity contribution in [2.45, 2.75) is 10.4 Å². The van der Waals surface area contributed by atoms with Gasteiger partial charge in [0.05, 0.1) is 6.26 Å². The predicted octanol–water partition coefficient (Wildman–Crippen LogP) is 2.39. The molecule has 1 atom stereocenters. The maximum atomic E-state index is 11.8. The zero-order valence-electron chi connectivity index (χ0n) is 11.8. The molecule has 0 saturated carbocycles. The summed E-state index contributed by atoms with van der Waals surface area (Å²) in [5, 5.41) is 8.31. The minimum Gasteiger partial charge on any atom is -0.461 e. The monoisotopic (exact) mass is 314 g/mol. The van der Waals surface area contributed by atoms with E-state index >= 15 is 0 Å².